The average molecular weight is 218 g/mol. The monoisotopic (exact) mass is 218 g/mol. The molecule has 0 fully saturated rings. The molecule has 6 heavy (non-hydrogen) atoms. The van der Waals surface area contributed by atoms with Crippen molar-refractivity contribution in [1.82, 2.24) is 0 Å². The first-order chi connectivity index (χ1) is 0. The van der Waals surface area contributed by atoms with E-state index in [1.807, 2.05) is 0 Å². The van der Waals surface area contributed by atoms with Gasteiger partial charge in [-0.15, -0.1) is 0 Å². The van der Waals surface area contributed by atoms with Crippen LogP contribution < -0.4 is 0 Å². The summed E-state index contributed by atoms with van der Waals surface area (Å²) in [6.07, 6.45) is 0. The Bertz CT molecular complexity index is 10.8. The van der Waals surface area contributed by atoms with Gasteiger partial charge in [-0.2, -0.15) is 0 Å². The second-order valence-electron chi connectivity index (χ2n) is 0. The molecule has 0 saturated carbocycles. The summed E-state index contributed by atoms with van der Waals surface area (Å²) in [5.74, 6) is 0. The topological polar surface area (TPSA) is 85.5 Å². The van der Waals surface area contributed by atoms with E-state index in [0.717, 1.165) is 0 Å². The third-order valence-corrected chi connectivity index (χ3v) is 0. The Labute approximate surface area is 64.6 Å². The van der Waals surface area contributed by atoms with Crippen molar-refractivity contribution >= 4 is 28.6 Å². The van der Waals surface area contributed by atoms with Crippen LogP contribution in [0.2, 0.25) is 0 Å². The summed E-state index contributed by atoms with van der Waals surface area (Å²) in [6, 6.07) is 0. The fraction of sp³-hybridized carbons (Fsp3) is 0. The second-order valence-corrected chi connectivity index (χ2v) is 0. The fourth-order valence-electron chi connectivity index (χ4n) is 0. The first kappa shape index (κ1) is 179. The number of rotatable bonds is 0. The van der Waals surface area contributed by atoms with Crippen molar-refractivity contribution in [1.29, 1.82) is 0 Å². The van der Waals surface area contributed by atoms with E-state index in [1.54, 1.807) is 0 Å². The second kappa shape index (κ2) is 109. The smallest absolute Gasteiger partial charge is 2.00 e. The van der Waals surface area contributed by atoms with Gasteiger partial charge in [-0.1, -0.05) is 0 Å². The van der Waals surface area contributed by atoms with Crippen molar-refractivity contribution in [3.05, 3.63) is 0 Å². The largest absolute Gasteiger partial charge is 4.00 e. The molecule has 3 nitrogen and oxygen atoms in total. The van der Waals surface area contributed by atoms with E-state index in [2.05, 4.69) is 0 Å². The summed E-state index contributed by atoms with van der Waals surface area (Å²) in [5, 5.41) is 0. The molecule has 6 heteroatoms. The van der Waals surface area contributed by atoms with Crippen LogP contribution in [0.25, 0.3) is 0 Å². The van der Waals surface area contributed by atoms with Crippen molar-refractivity contribution in [3.8, 4) is 0 Å². The van der Waals surface area contributed by atoms with Gasteiger partial charge in [0.05, 0.1) is 0 Å². The predicted molar refractivity (Wildman–Crippen MR) is 19.1 cm³/mol. The normalized spacial score (nSPS) is 0. The summed E-state index contributed by atoms with van der Waals surface area (Å²) in [4.78, 5) is 0. The summed E-state index contributed by atoms with van der Waals surface area (Å²) in [7, 11) is 0. The molecular formula is H4GeO3SiZn. The Balaban J connectivity index is 0. The van der Waals surface area contributed by atoms with E-state index in [-0.39, 0.29) is 64.5 Å². The summed E-state index contributed by atoms with van der Waals surface area (Å²) < 4.78 is 0. The molecule has 0 aromatic carbocycles. The molecule has 0 bridgehead atoms. The minimum atomic E-state index is 0. The van der Waals surface area contributed by atoms with E-state index in [4.69, 9.17) is 0 Å². The Hall–Kier alpha value is 1.26. The van der Waals surface area contributed by atoms with Crippen molar-refractivity contribution in [2.45, 2.75) is 0 Å². The SMILES string of the molecule is [Ge+4].[O-2].[O-2].[O-2].[SiH4].[Zn+2]. The average Bonchev–Trinajstić information content (AvgIpc) is 0. The molecule has 0 rings (SSSR count). The van der Waals surface area contributed by atoms with Gasteiger partial charge >= 0.3 is 37.1 Å². The van der Waals surface area contributed by atoms with E-state index in [1.165, 1.54) is 0 Å². The zero-order chi connectivity index (χ0) is 0. The van der Waals surface area contributed by atoms with Crippen LogP contribution in [0.5, 0.6) is 0 Å². The molecule has 0 aromatic heterocycles. The molecule has 0 N–H and O–H groups in total. The van der Waals surface area contributed by atoms with Crippen LogP contribution in [0.1, 0.15) is 0 Å². The molecule has 0 heterocycles. The van der Waals surface area contributed by atoms with Crippen molar-refractivity contribution < 1.29 is 35.9 Å². The standard InChI is InChI=1S/Ge.3O.H4Si.Zn/h;;;;1H4;/q+4;3*-2;;+2. The van der Waals surface area contributed by atoms with Crippen LogP contribution in [0.4, 0.5) is 0 Å². The van der Waals surface area contributed by atoms with Crippen LogP contribution >= 0.6 is 0 Å². The van der Waals surface area contributed by atoms with Crippen LogP contribution in [-0.4, -0.2) is 28.6 Å². The molecule has 0 aliphatic rings. The zero-order valence-corrected chi connectivity index (χ0v) is 7.50. The Kier molecular flexibility index (Phi) is 3240. The van der Waals surface area contributed by atoms with Gasteiger partial charge in [-0.3, -0.25) is 0 Å². The zero-order valence-electron chi connectivity index (χ0n) is 2.43. The van der Waals surface area contributed by atoms with Gasteiger partial charge < -0.3 is 16.4 Å². The molecule has 0 aliphatic heterocycles. The first-order valence-electron chi connectivity index (χ1n) is 0. The number of hydrogen-bond acceptors (Lipinski definition) is 0. The molecule has 0 radical (unpaired) electrons. The molecule has 0 aromatic rings. The van der Waals surface area contributed by atoms with Crippen molar-refractivity contribution in [2.24, 2.45) is 0 Å². The van der Waals surface area contributed by atoms with Gasteiger partial charge in [0.2, 0.25) is 0 Å². The summed E-state index contributed by atoms with van der Waals surface area (Å²) >= 11 is 0. The quantitative estimate of drug-likeness (QED) is 0.413. The van der Waals surface area contributed by atoms with E-state index in [9.17, 15) is 0 Å². The van der Waals surface area contributed by atoms with Crippen LogP contribution in [0, 0.1) is 0 Å². The minimum Gasteiger partial charge on any atom is -2.00 e. The summed E-state index contributed by atoms with van der Waals surface area (Å²) in [5.41, 5.74) is 0. The maximum absolute atomic E-state index is 0. The Morgan fingerprint density at radius 3 is 0.667 bits per heavy atom. The van der Waals surface area contributed by atoms with Crippen molar-refractivity contribution in [2.75, 3.05) is 0 Å². The molecule has 0 unspecified atom stereocenters. The Morgan fingerprint density at radius 1 is 0.667 bits per heavy atom. The van der Waals surface area contributed by atoms with Crippen LogP contribution in [-0.2, 0) is 35.9 Å². The maximum atomic E-state index is 0. The molecule has 0 atom stereocenters. The fourth-order valence-corrected chi connectivity index (χ4v) is 0. The third-order valence-electron chi connectivity index (χ3n) is 0. The van der Waals surface area contributed by atoms with Gasteiger partial charge in [-0.05, 0) is 11.0 Å². The molecule has 32 valence electrons. The summed E-state index contributed by atoms with van der Waals surface area (Å²) in [6.45, 7) is 0. The predicted octanol–water partition coefficient (Wildman–Crippen LogP) is -2.19. The molecule has 0 spiro atoms. The van der Waals surface area contributed by atoms with Crippen molar-refractivity contribution in [3.63, 3.8) is 0 Å². The van der Waals surface area contributed by atoms with Gasteiger partial charge in [0, 0.05) is 0 Å². The molecular weight excluding hydrogens is 214 g/mol. The molecule has 0 aliphatic carbocycles. The first-order valence-corrected chi connectivity index (χ1v) is 0. The van der Waals surface area contributed by atoms with E-state index in [0.29, 0.717) is 0 Å². The van der Waals surface area contributed by atoms with Gasteiger partial charge in [0.15, 0.2) is 0 Å². The van der Waals surface area contributed by atoms with E-state index >= 15 is 0 Å². The molecule has 0 amide bonds. The number of hydrogen-bond donors (Lipinski definition) is 0. The van der Waals surface area contributed by atoms with Gasteiger partial charge in [0.25, 0.3) is 0 Å². The maximum Gasteiger partial charge on any atom is 4.00 e. The molecule has 0 saturated heterocycles. The Morgan fingerprint density at radius 2 is 0.667 bits per heavy atom. The van der Waals surface area contributed by atoms with Crippen LogP contribution in [0.3, 0.4) is 0 Å². The minimum absolute atomic E-state index is 0. The van der Waals surface area contributed by atoms with Crippen LogP contribution in [0.15, 0.2) is 0 Å². The van der Waals surface area contributed by atoms with Gasteiger partial charge in [0.1, 0.15) is 0 Å². The third kappa shape index (κ3) is 60.0. The van der Waals surface area contributed by atoms with E-state index < -0.39 is 0 Å². The van der Waals surface area contributed by atoms with Gasteiger partial charge in [-0.25, -0.2) is 0 Å².